The number of benzene rings is 8. The molecule has 0 bridgehead atoms. The van der Waals surface area contributed by atoms with Crippen LogP contribution in [0, 0.1) is 41.5 Å². The Morgan fingerprint density at radius 3 is 1.30 bits per heavy atom. The monoisotopic (exact) mass is 732 g/mol. The number of fused-ring (bicyclic) bond motifs is 6. The van der Waals surface area contributed by atoms with Gasteiger partial charge in [0.05, 0.1) is 22.1 Å². The first-order valence-corrected chi connectivity index (χ1v) is 20.1. The van der Waals surface area contributed by atoms with Gasteiger partial charge in [-0.3, -0.25) is 0 Å². The zero-order valence-corrected chi connectivity index (χ0v) is 33.6. The van der Waals surface area contributed by atoms with Crippen LogP contribution < -0.4 is 16.4 Å². The summed E-state index contributed by atoms with van der Waals surface area (Å²) in [4.78, 5) is 0. The number of aromatic nitrogens is 2. The lowest BCUT2D eigenvalue weighted by Gasteiger charge is -2.25. The largest absolute Gasteiger partial charge is 0.309 e. The van der Waals surface area contributed by atoms with Gasteiger partial charge in [0.2, 0.25) is 6.71 Å². The normalized spacial score (nSPS) is 11.7. The molecule has 0 saturated carbocycles. The fourth-order valence-corrected chi connectivity index (χ4v) is 10.0. The van der Waals surface area contributed by atoms with E-state index in [-0.39, 0.29) is 6.71 Å². The summed E-state index contributed by atoms with van der Waals surface area (Å²) in [5, 5.41) is 5.03. The van der Waals surface area contributed by atoms with Crippen molar-refractivity contribution < 1.29 is 0 Å². The molecule has 0 atom stereocenters. The van der Waals surface area contributed by atoms with E-state index in [0.717, 1.165) is 5.69 Å². The number of rotatable bonds is 6. The molecule has 2 aromatic heterocycles. The second-order valence-electron chi connectivity index (χ2n) is 16.2. The van der Waals surface area contributed by atoms with Gasteiger partial charge in [-0.1, -0.05) is 165 Å². The van der Waals surface area contributed by atoms with Gasteiger partial charge in [0.1, 0.15) is 0 Å². The predicted octanol–water partition coefficient (Wildman–Crippen LogP) is 11.9. The van der Waals surface area contributed by atoms with E-state index in [1.54, 1.807) is 0 Å². The summed E-state index contributed by atoms with van der Waals surface area (Å²) in [5.74, 6) is 0. The Hall–Kier alpha value is -6.58. The number of aryl methyl sites for hydroxylation is 6. The van der Waals surface area contributed by atoms with E-state index in [2.05, 4.69) is 214 Å². The first-order chi connectivity index (χ1) is 27.7. The second-order valence-corrected chi connectivity index (χ2v) is 16.2. The van der Waals surface area contributed by atoms with E-state index in [0.29, 0.717) is 0 Å². The van der Waals surface area contributed by atoms with Crippen LogP contribution in [0.3, 0.4) is 0 Å². The summed E-state index contributed by atoms with van der Waals surface area (Å²) in [6, 6.07) is 61.0. The van der Waals surface area contributed by atoms with Crippen molar-refractivity contribution >= 4 is 66.7 Å². The minimum absolute atomic E-state index is 0.132. The smallest absolute Gasteiger partial charge is 0.242 e. The lowest BCUT2D eigenvalue weighted by molar-refractivity contribution is 1.17. The maximum Gasteiger partial charge on any atom is 0.242 e. The Kier molecular flexibility index (Phi) is 8.30. The van der Waals surface area contributed by atoms with E-state index in [9.17, 15) is 0 Å². The minimum Gasteiger partial charge on any atom is -0.309 e. The van der Waals surface area contributed by atoms with Crippen molar-refractivity contribution in [3.8, 4) is 22.5 Å². The number of para-hydroxylation sites is 3. The molecule has 0 unspecified atom stereocenters. The van der Waals surface area contributed by atoms with E-state index in [1.165, 1.54) is 110 Å². The fourth-order valence-electron chi connectivity index (χ4n) is 10.0. The highest BCUT2D eigenvalue weighted by Gasteiger charge is 2.29. The lowest BCUT2D eigenvalue weighted by atomic mass is 9.34. The molecule has 0 aliphatic rings. The third kappa shape index (κ3) is 5.72. The SMILES string of the molecule is Cc1cc(C)c(B(c2cccc(-c3ccc(-n4c5ccccc5c5cc6c(cc54)c4ccccc4n6-c4ccccc4)cc3)c2)c2c(C)cc(C)cc2C)c(C)c1. The maximum atomic E-state index is 2.45. The molecular formula is C54H45BN2. The van der Waals surface area contributed by atoms with Crippen LogP contribution in [0.4, 0.5) is 0 Å². The Bertz CT molecular complexity index is 3080. The van der Waals surface area contributed by atoms with Crippen LogP contribution in [0.15, 0.2) is 164 Å². The van der Waals surface area contributed by atoms with Crippen LogP contribution in [0.25, 0.3) is 66.1 Å². The zero-order chi connectivity index (χ0) is 38.9. The Balaban J connectivity index is 1.12. The van der Waals surface area contributed by atoms with Crippen molar-refractivity contribution in [1.82, 2.24) is 9.13 Å². The molecule has 2 heterocycles. The molecule has 3 heteroatoms. The van der Waals surface area contributed by atoms with Gasteiger partial charge in [0.15, 0.2) is 0 Å². The lowest BCUT2D eigenvalue weighted by Crippen LogP contribution is -2.55. The highest BCUT2D eigenvalue weighted by Crippen LogP contribution is 2.39. The standard InChI is InChI=1S/C54H45BN2/c1-34-27-36(3)53(37(4)28-34)55(54-38(5)29-35(2)30-39(54)6)42-16-14-15-41(31-42)40-23-25-44(26-24-40)57-50-22-13-11-20-46(50)48-32-51-47(33-52(48)57)45-19-10-12-21-49(45)56(51)43-17-8-7-9-18-43/h7-33H,1-6H3. The molecule has 0 aliphatic carbocycles. The molecule has 0 fully saturated rings. The molecule has 10 aromatic rings. The minimum atomic E-state index is 0.132. The molecule has 0 spiro atoms. The summed E-state index contributed by atoms with van der Waals surface area (Å²) in [7, 11) is 0. The third-order valence-electron chi connectivity index (χ3n) is 12.2. The number of hydrogen-bond donors (Lipinski definition) is 0. The van der Waals surface area contributed by atoms with Gasteiger partial charge in [-0.05, 0) is 101 Å². The molecule has 274 valence electrons. The molecule has 0 saturated heterocycles. The Morgan fingerprint density at radius 1 is 0.333 bits per heavy atom. The van der Waals surface area contributed by atoms with Gasteiger partial charge in [-0.15, -0.1) is 0 Å². The summed E-state index contributed by atoms with van der Waals surface area (Å²) >= 11 is 0. The molecule has 57 heavy (non-hydrogen) atoms. The van der Waals surface area contributed by atoms with Crippen molar-refractivity contribution in [3.63, 3.8) is 0 Å². The first-order valence-electron chi connectivity index (χ1n) is 20.1. The van der Waals surface area contributed by atoms with Gasteiger partial charge in [-0.2, -0.15) is 0 Å². The molecule has 0 aliphatic heterocycles. The van der Waals surface area contributed by atoms with Crippen LogP contribution >= 0.6 is 0 Å². The Labute approximate surface area is 335 Å². The average Bonchev–Trinajstić information content (AvgIpc) is 3.71. The molecule has 0 N–H and O–H groups in total. The summed E-state index contributed by atoms with van der Waals surface area (Å²) in [6.07, 6.45) is 0. The van der Waals surface area contributed by atoms with Crippen LogP contribution in [0.2, 0.25) is 0 Å². The molecule has 8 aromatic carbocycles. The Morgan fingerprint density at radius 2 is 0.789 bits per heavy atom. The maximum absolute atomic E-state index is 2.45. The van der Waals surface area contributed by atoms with Crippen LogP contribution in [-0.4, -0.2) is 15.8 Å². The molecule has 10 rings (SSSR count). The van der Waals surface area contributed by atoms with Gasteiger partial charge < -0.3 is 9.13 Å². The first kappa shape index (κ1) is 34.9. The van der Waals surface area contributed by atoms with Crippen LogP contribution in [0.5, 0.6) is 0 Å². The van der Waals surface area contributed by atoms with Crippen molar-refractivity contribution in [2.75, 3.05) is 0 Å². The van der Waals surface area contributed by atoms with Gasteiger partial charge in [0, 0.05) is 32.9 Å². The van der Waals surface area contributed by atoms with E-state index in [4.69, 9.17) is 0 Å². The van der Waals surface area contributed by atoms with Gasteiger partial charge in [0.25, 0.3) is 0 Å². The quantitative estimate of drug-likeness (QED) is 0.151. The molecule has 0 amide bonds. The van der Waals surface area contributed by atoms with Crippen molar-refractivity contribution in [1.29, 1.82) is 0 Å². The van der Waals surface area contributed by atoms with Crippen molar-refractivity contribution in [3.05, 3.63) is 197 Å². The topological polar surface area (TPSA) is 9.86 Å². The predicted molar refractivity (Wildman–Crippen MR) is 247 cm³/mol. The molecule has 2 nitrogen and oxygen atoms in total. The van der Waals surface area contributed by atoms with Crippen LogP contribution in [-0.2, 0) is 0 Å². The van der Waals surface area contributed by atoms with E-state index < -0.39 is 0 Å². The van der Waals surface area contributed by atoms with Crippen molar-refractivity contribution in [2.45, 2.75) is 41.5 Å². The molecule has 0 radical (unpaired) electrons. The second kappa shape index (κ2) is 13.6. The van der Waals surface area contributed by atoms with Gasteiger partial charge >= 0.3 is 0 Å². The number of nitrogens with zero attached hydrogens (tertiary/aromatic N) is 2. The highest BCUT2D eigenvalue weighted by atomic mass is 15.0. The van der Waals surface area contributed by atoms with E-state index >= 15 is 0 Å². The van der Waals surface area contributed by atoms with Crippen LogP contribution in [0.1, 0.15) is 33.4 Å². The number of hydrogen-bond acceptors (Lipinski definition) is 0. The fraction of sp³-hybridized carbons (Fsp3) is 0.111. The third-order valence-corrected chi connectivity index (χ3v) is 12.2. The summed E-state index contributed by atoms with van der Waals surface area (Å²) in [6.45, 7) is 13.7. The zero-order valence-electron chi connectivity index (χ0n) is 33.6. The summed E-state index contributed by atoms with van der Waals surface area (Å²) < 4.78 is 4.85. The molecular weight excluding hydrogens is 687 g/mol. The van der Waals surface area contributed by atoms with Gasteiger partial charge in [-0.25, -0.2) is 0 Å². The summed E-state index contributed by atoms with van der Waals surface area (Å²) in [5.41, 5.74) is 21.8. The van der Waals surface area contributed by atoms with E-state index in [1.807, 2.05) is 0 Å². The van der Waals surface area contributed by atoms with Crippen molar-refractivity contribution in [2.24, 2.45) is 0 Å². The average molecular weight is 733 g/mol. The highest BCUT2D eigenvalue weighted by molar-refractivity contribution is 6.96.